The number of H-pyrrole nitrogens is 1. The SMILES string of the molecule is CCNC(=NCc1ccn[nH]1)NCCC(C)c1ccc(OC)cc1. The molecular formula is C18H27N5O. The van der Waals surface area contributed by atoms with E-state index in [-0.39, 0.29) is 0 Å². The van der Waals surface area contributed by atoms with Crippen molar-refractivity contribution in [2.45, 2.75) is 32.7 Å². The van der Waals surface area contributed by atoms with Crippen molar-refractivity contribution in [3.8, 4) is 5.75 Å². The van der Waals surface area contributed by atoms with E-state index in [1.54, 1.807) is 13.3 Å². The predicted molar refractivity (Wildman–Crippen MR) is 97.4 cm³/mol. The van der Waals surface area contributed by atoms with Gasteiger partial charge in [0.15, 0.2) is 5.96 Å². The minimum Gasteiger partial charge on any atom is -0.497 e. The number of benzene rings is 1. The maximum absolute atomic E-state index is 5.20. The van der Waals surface area contributed by atoms with Crippen LogP contribution in [0.1, 0.15) is 37.4 Å². The van der Waals surface area contributed by atoms with Crippen LogP contribution in [0, 0.1) is 0 Å². The number of methoxy groups -OCH3 is 1. The van der Waals surface area contributed by atoms with Crippen LogP contribution in [0.3, 0.4) is 0 Å². The highest BCUT2D eigenvalue weighted by Gasteiger charge is 2.06. The van der Waals surface area contributed by atoms with Gasteiger partial charge in [0.2, 0.25) is 0 Å². The molecule has 1 aromatic carbocycles. The van der Waals surface area contributed by atoms with E-state index >= 15 is 0 Å². The minimum atomic E-state index is 0.471. The van der Waals surface area contributed by atoms with Gasteiger partial charge in [0.25, 0.3) is 0 Å². The molecule has 1 atom stereocenters. The second-order valence-electron chi connectivity index (χ2n) is 5.67. The fourth-order valence-electron chi connectivity index (χ4n) is 2.38. The zero-order valence-corrected chi connectivity index (χ0v) is 14.7. The summed E-state index contributed by atoms with van der Waals surface area (Å²) in [5.74, 6) is 2.19. The summed E-state index contributed by atoms with van der Waals surface area (Å²) in [5.41, 5.74) is 2.32. The van der Waals surface area contributed by atoms with Crippen LogP contribution in [0.25, 0.3) is 0 Å². The van der Waals surface area contributed by atoms with E-state index in [4.69, 9.17) is 4.74 Å². The van der Waals surface area contributed by atoms with Crippen LogP contribution in [0.2, 0.25) is 0 Å². The lowest BCUT2D eigenvalue weighted by atomic mass is 9.98. The first-order valence-electron chi connectivity index (χ1n) is 8.37. The number of nitrogens with zero attached hydrogens (tertiary/aromatic N) is 2. The Bertz CT molecular complexity index is 607. The first kappa shape index (κ1) is 17.8. The summed E-state index contributed by atoms with van der Waals surface area (Å²) < 4.78 is 5.20. The molecule has 6 heteroatoms. The summed E-state index contributed by atoms with van der Waals surface area (Å²) in [6.07, 6.45) is 2.77. The Hall–Kier alpha value is -2.50. The maximum atomic E-state index is 5.20. The third kappa shape index (κ3) is 5.61. The summed E-state index contributed by atoms with van der Waals surface area (Å²) in [4.78, 5) is 4.55. The van der Waals surface area contributed by atoms with Crippen LogP contribution in [0.4, 0.5) is 0 Å². The molecular weight excluding hydrogens is 302 g/mol. The fraction of sp³-hybridized carbons (Fsp3) is 0.444. The van der Waals surface area contributed by atoms with Gasteiger partial charge in [0.05, 0.1) is 19.3 Å². The second-order valence-corrected chi connectivity index (χ2v) is 5.67. The van der Waals surface area contributed by atoms with Gasteiger partial charge in [-0.1, -0.05) is 19.1 Å². The number of hydrogen-bond donors (Lipinski definition) is 3. The van der Waals surface area contributed by atoms with Gasteiger partial charge in [-0.3, -0.25) is 5.10 Å². The van der Waals surface area contributed by atoms with Gasteiger partial charge in [-0.25, -0.2) is 4.99 Å². The summed E-state index contributed by atoms with van der Waals surface area (Å²) in [7, 11) is 1.69. The van der Waals surface area contributed by atoms with Crippen LogP contribution >= 0.6 is 0 Å². The van der Waals surface area contributed by atoms with E-state index in [0.717, 1.165) is 36.9 Å². The Morgan fingerprint density at radius 3 is 2.67 bits per heavy atom. The van der Waals surface area contributed by atoms with E-state index in [2.05, 4.69) is 51.8 Å². The topological polar surface area (TPSA) is 74.3 Å². The molecule has 0 bridgehead atoms. The van der Waals surface area contributed by atoms with Crippen molar-refractivity contribution in [3.63, 3.8) is 0 Å². The Kier molecular flexibility index (Phi) is 7.14. The number of nitrogens with one attached hydrogen (secondary N) is 3. The monoisotopic (exact) mass is 329 g/mol. The molecule has 130 valence electrons. The molecule has 2 aromatic rings. The highest BCUT2D eigenvalue weighted by atomic mass is 16.5. The Balaban J connectivity index is 1.81. The van der Waals surface area contributed by atoms with Gasteiger partial charge in [-0.2, -0.15) is 5.10 Å². The standard InChI is InChI=1S/C18H27N5O/c1-4-19-18(21-13-16-10-12-22-23-16)20-11-9-14(2)15-5-7-17(24-3)8-6-15/h5-8,10,12,14H,4,9,11,13H2,1-3H3,(H,22,23)(H2,19,20,21). The normalized spacial score (nSPS) is 12.7. The molecule has 3 N–H and O–H groups in total. The van der Waals surface area contributed by atoms with E-state index < -0.39 is 0 Å². The van der Waals surface area contributed by atoms with Crippen molar-refractivity contribution < 1.29 is 4.74 Å². The van der Waals surface area contributed by atoms with Crippen molar-refractivity contribution in [1.29, 1.82) is 0 Å². The first-order valence-corrected chi connectivity index (χ1v) is 8.37. The molecule has 24 heavy (non-hydrogen) atoms. The van der Waals surface area contributed by atoms with Gasteiger partial charge < -0.3 is 15.4 Å². The molecule has 0 aliphatic carbocycles. The van der Waals surface area contributed by atoms with Crippen molar-refractivity contribution in [2.75, 3.05) is 20.2 Å². The lowest BCUT2D eigenvalue weighted by Crippen LogP contribution is -2.38. The molecule has 6 nitrogen and oxygen atoms in total. The van der Waals surface area contributed by atoms with Crippen molar-refractivity contribution in [1.82, 2.24) is 20.8 Å². The summed E-state index contributed by atoms with van der Waals surface area (Å²) >= 11 is 0. The molecule has 0 aliphatic heterocycles. The third-order valence-electron chi connectivity index (χ3n) is 3.86. The molecule has 0 aliphatic rings. The second kappa shape index (κ2) is 9.60. The quantitative estimate of drug-likeness (QED) is 0.514. The fourth-order valence-corrected chi connectivity index (χ4v) is 2.38. The van der Waals surface area contributed by atoms with Crippen LogP contribution < -0.4 is 15.4 Å². The van der Waals surface area contributed by atoms with Gasteiger partial charge >= 0.3 is 0 Å². The molecule has 0 amide bonds. The van der Waals surface area contributed by atoms with E-state index in [1.165, 1.54) is 5.56 Å². The lowest BCUT2D eigenvalue weighted by Gasteiger charge is -2.15. The number of hydrogen-bond acceptors (Lipinski definition) is 3. The van der Waals surface area contributed by atoms with Crippen LogP contribution in [0.15, 0.2) is 41.5 Å². The van der Waals surface area contributed by atoms with Crippen molar-refractivity contribution in [2.24, 2.45) is 4.99 Å². The number of aromatic nitrogens is 2. The number of aromatic amines is 1. The number of aliphatic imine (C=N–C) groups is 1. The Labute approximate surface area is 143 Å². The molecule has 1 aromatic heterocycles. The summed E-state index contributed by atoms with van der Waals surface area (Å²) in [6.45, 7) is 6.58. The van der Waals surface area contributed by atoms with Gasteiger partial charge in [-0.05, 0) is 43.0 Å². The Morgan fingerprint density at radius 2 is 2.04 bits per heavy atom. The summed E-state index contributed by atoms with van der Waals surface area (Å²) in [5, 5.41) is 13.5. The molecule has 0 saturated carbocycles. The molecule has 0 saturated heterocycles. The highest BCUT2D eigenvalue weighted by molar-refractivity contribution is 5.79. The third-order valence-corrected chi connectivity index (χ3v) is 3.86. The lowest BCUT2D eigenvalue weighted by molar-refractivity contribution is 0.414. The molecule has 2 rings (SSSR count). The maximum Gasteiger partial charge on any atom is 0.191 e. The molecule has 1 heterocycles. The zero-order chi connectivity index (χ0) is 17.2. The first-order chi connectivity index (χ1) is 11.7. The smallest absolute Gasteiger partial charge is 0.191 e. The van der Waals surface area contributed by atoms with E-state index in [1.807, 2.05) is 18.2 Å². The molecule has 1 unspecified atom stereocenters. The van der Waals surface area contributed by atoms with Crippen LogP contribution in [-0.4, -0.2) is 36.4 Å². The predicted octanol–water partition coefficient (Wildman–Crippen LogP) is 2.67. The number of guanidine groups is 1. The van der Waals surface area contributed by atoms with Gasteiger partial charge in [-0.15, -0.1) is 0 Å². The Morgan fingerprint density at radius 1 is 1.25 bits per heavy atom. The van der Waals surface area contributed by atoms with Crippen molar-refractivity contribution in [3.05, 3.63) is 47.8 Å². The van der Waals surface area contributed by atoms with Crippen molar-refractivity contribution >= 4 is 5.96 Å². The molecule has 0 spiro atoms. The minimum absolute atomic E-state index is 0.471. The van der Waals surface area contributed by atoms with Gasteiger partial charge in [0, 0.05) is 19.3 Å². The van der Waals surface area contributed by atoms with Crippen LogP contribution in [0.5, 0.6) is 5.75 Å². The molecule has 0 fully saturated rings. The zero-order valence-electron chi connectivity index (χ0n) is 14.7. The van der Waals surface area contributed by atoms with E-state index in [9.17, 15) is 0 Å². The largest absolute Gasteiger partial charge is 0.497 e. The van der Waals surface area contributed by atoms with Crippen LogP contribution in [-0.2, 0) is 6.54 Å². The highest BCUT2D eigenvalue weighted by Crippen LogP contribution is 2.21. The van der Waals surface area contributed by atoms with E-state index in [0.29, 0.717) is 12.5 Å². The summed E-state index contributed by atoms with van der Waals surface area (Å²) in [6, 6.07) is 10.2. The number of rotatable bonds is 8. The average molecular weight is 329 g/mol. The average Bonchev–Trinajstić information content (AvgIpc) is 3.13. The van der Waals surface area contributed by atoms with Gasteiger partial charge in [0.1, 0.15) is 5.75 Å². The molecule has 0 radical (unpaired) electrons. The number of ether oxygens (including phenoxy) is 1.